The molecule has 18 heavy (non-hydrogen) atoms. The van der Waals surface area contributed by atoms with Crippen LogP contribution in [0.1, 0.15) is 39.6 Å². The number of carbonyl (C=O) groups is 2. The van der Waals surface area contributed by atoms with Crippen LogP contribution in [-0.4, -0.2) is 23.7 Å². The molecule has 0 aliphatic carbocycles. The third-order valence-electron chi connectivity index (χ3n) is 2.28. The normalized spacial score (nSPS) is 9.61. The van der Waals surface area contributed by atoms with Crippen LogP contribution in [-0.2, 0) is 4.74 Å². The van der Waals surface area contributed by atoms with Gasteiger partial charge in [0, 0.05) is 17.3 Å². The summed E-state index contributed by atoms with van der Waals surface area (Å²) in [6.07, 6.45) is 0.341. The average Bonchev–Trinajstić information content (AvgIpc) is 2.38. The Hall–Kier alpha value is -1.67. The highest BCUT2D eigenvalue weighted by atomic mass is 79.9. The fourth-order valence-electron chi connectivity index (χ4n) is 1.42. The lowest BCUT2D eigenvalue weighted by Crippen LogP contribution is -2.09. The highest BCUT2D eigenvalue weighted by Crippen LogP contribution is 2.15. The summed E-state index contributed by atoms with van der Waals surface area (Å²) in [4.78, 5) is 23.4. The van der Waals surface area contributed by atoms with E-state index in [-0.39, 0.29) is 23.5 Å². The molecule has 5 heteroatoms. The molecule has 1 aromatic carbocycles. The Morgan fingerprint density at radius 3 is 2.72 bits per heavy atom. The number of carbonyl (C=O) groups excluding carboxylic acids is 2. The fourth-order valence-corrected chi connectivity index (χ4v) is 1.78. The molecule has 0 heterocycles. The van der Waals surface area contributed by atoms with Crippen molar-refractivity contribution in [1.29, 1.82) is 5.26 Å². The van der Waals surface area contributed by atoms with Crippen LogP contribution in [0.3, 0.4) is 0 Å². The van der Waals surface area contributed by atoms with Gasteiger partial charge in [-0.05, 0) is 19.1 Å². The van der Waals surface area contributed by atoms with E-state index in [0.29, 0.717) is 17.3 Å². The number of nitrogens with zero attached hydrogens (tertiary/aromatic N) is 1. The van der Waals surface area contributed by atoms with Gasteiger partial charge >= 0.3 is 5.97 Å². The molecule has 0 radical (unpaired) electrons. The Labute approximate surface area is 114 Å². The first-order valence-corrected chi connectivity index (χ1v) is 6.56. The topological polar surface area (TPSA) is 67.2 Å². The van der Waals surface area contributed by atoms with Crippen LogP contribution in [0.5, 0.6) is 0 Å². The first-order chi connectivity index (χ1) is 8.63. The standard InChI is InChI=1S/C13H12BrNO3/c1-2-18-13(17)11-7-9(12(16)5-6-14)3-4-10(11)8-15/h3-4,7H,2,5-6H2,1H3. The summed E-state index contributed by atoms with van der Waals surface area (Å²) in [5, 5.41) is 9.47. The van der Waals surface area contributed by atoms with Crippen LogP contribution in [0.2, 0.25) is 0 Å². The molecule has 0 bridgehead atoms. The monoisotopic (exact) mass is 309 g/mol. The molecule has 1 rings (SSSR count). The predicted molar refractivity (Wildman–Crippen MR) is 69.9 cm³/mol. The lowest BCUT2D eigenvalue weighted by molar-refractivity contribution is 0.0526. The van der Waals surface area contributed by atoms with Gasteiger partial charge < -0.3 is 4.74 Å². The molecule has 0 aromatic heterocycles. The highest BCUT2D eigenvalue weighted by molar-refractivity contribution is 9.09. The molecule has 0 N–H and O–H groups in total. The average molecular weight is 310 g/mol. The molecule has 0 fully saturated rings. The summed E-state index contributed by atoms with van der Waals surface area (Å²) in [7, 11) is 0. The van der Waals surface area contributed by atoms with Gasteiger partial charge in [0.05, 0.1) is 17.7 Å². The van der Waals surface area contributed by atoms with Crippen molar-refractivity contribution in [3.8, 4) is 6.07 Å². The van der Waals surface area contributed by atoms with E-state index in [9.17, 15) is 9.59 Å². The van der Waals surface area contributed by atoms with Crippen molar-refractivity contribution in [3.63, 3.8) is 0 Å². The van der Waals surface area contributed by atoms with E-state index in [2.05, 4.69) is 15.9 Å². The van der Waals surface area contributed by atoms with Crippen LogP contribution >= 0.6 is 15.9 Å². The van der Waals surface area contributed by atoms with E-state index in [1.165, 1.54) is 12.1 Å². The third kappa shape index (κ3) is 3.41. The first kappa shape index (κ1) is 14.4. The Balaban J connectivity index is 3.14. The summed E-state index contributed by atoms with van der Waals surface area (Å²) in [6.45, 7) is 1.91. The number of esters is 1. The van der Waals surface area contributed by atoms with E-state index in [1.807, 2.05) is 6.07 Å². The maximum absolute atomic E-state index is 11.7. The van der Waals surface area contributed by atoms with Crippen molar-refractivity contribution in [2.75, 3.05) is 11.9 Å². The SMILES string of the molecule is CCOC(=O)c1cc(C(=O)CCBr)ccc1C#N. The molecule has 0 aliphatic rings. The van der Waals surface area contributed by atoms with Crippen molar-refractivity contribution in [1.82, 2.24) is 0 Å². The molecule has 0 saturated heterocycles. The summed E-state index contributed by atoms with van der Waals surface area (Å²) >= 11 is 3.18. The Bertz CT molecular complexity index is 505. The predicted octanol–water partition coefficient (Wildman–Crippen LogP) is 2.70. The molecular formula is C13H12BrNO3. The van der Waals surface area contributed by atoms with Gasteiger partial charge in [-0.15, -0.1) is 0 Å². The van der Waals surface area contributed by atoms with Crippen molar-refractivity contribution in [3.05, 3.63) is 34.9 Å². The maximum atomic E-state index is 11.7. The summed E-state index contributed by atoms with van der Waals surface area (Å²) in [5.74, 6) is -0.663. The van der Waals surface area contributed by atoms with Crippen molar-refractivity contribution < 1.29 is 14.3 Å². The van der Waals surface area contributed by atoms with Gasteiger partial charge in [0.15, 0.2) is 5.78 Å². The molecule has 0 aliphatic heterocycles. The highest BCUT2D eigenvalue weighted by Gasteiger charge is 2.15. The quantitative estimate of drug-likeness (QED) is 0.476. The van der Waals surface area contributed by atoms with Gasteiger partial charge in [-0.1, -0.05) is 22.0 Å². The molecule has 0 unspecified atom stereocenters. The third-order valence-corrected chi connectivity index (χ3v) is 2.68. The number of ketones is 1. The number of hydrogen-bond donors (Lipinski definition) is 0. The van der Waals surface area contributed by atoms with E-state index >= 15 is 0 Å². The number of halogens is 1. The summed E-state index contributed by atoms with van der Waals surface area (Å²) in [6, 6.07) is 6.34. The van der Waals surface area contributed by atoms with Crippen LogP contribution in [0.15, 0.2) is 18.2 Å². The van der Waals surface area contributed by atoms with Gasteiger partial charge in [0.1, 0.15) is 6.07 Å². The van der Waals surface area contributed by atoms with Crippen LogP contribution in [0.4, 0.5) is 0 Å². The molecular weight excluding hydrogens is 298 g/mol. The van der Waals surface area contributed by atoms with Gasteiger partial charge in [-0.3, -0.25) is 4.79 Å². The second-order valence-electron chi connectivity index (χ2n) is 3.45. The number of benzene rings is 1. The Morgan fingerprint density at radius 1 is 1.44 bits per heavy atom. The molecule has 0 atom stereocenters. The second-order valence-corrected chi connectivity index (χ2v) is 4.25. The number of hydrogen-bond acceptors (Lipinski definition) is 4. The van der Waals surface area contributed by atoms with Crippen LogP contribution in [0.25, 0.3) is 0 Å². The summed E-state index contributed by atoms with van der Waals surface area (Å²) < 4.78 is 4.85. The van der Waals surface area contributed by atoms with Crippen molar-refractivity contribution >= 4 is 27.7 Å². The Kier molecular flexibility index (Phi) is 5.53. The van der Waals surface area contributed by atoms with Gasteiger partial charge in [0.2, 0.25) is 0 Å². The number of alkyl halides is 1. The Morgan fingerprint density at radius 2 is 2.17 bits per heavy atom. The van der Waals surface area contributed by atoms with Crippen molar-refractivity contribution in [2.24, 2.45) is 0 Å². The number of rotatable bonds is 5. The fraction of sp³-hybridized carbons (Fsp3) is 0.308. The van der Waals surface area contributed by atoms with Gasteiger partial charge in [-0.2, -0.15) is 5.26 Å². The maximum Gasteiger partial charge on any atom is 0.339 e. The number of nitriles is 1. The minimum atomic E-state index is -0.581. The molecule has 0 amide bonds. The van der Waals surface area contributed by atoms with E-state index in [4.69, 9.17) is 10.00 Å². The number of ether oxygens (including phenoxy) is 1. The minimum Gasteiger partial charge on any atom is -0.462 e. The van der Waals surface area contributed by atoms with Crippen LogP contribution in [0, 0.1) is 11.3 Å². The molecule has 1 aromatic rings. The molecule has 4 nitrogen and oxygen atoms in total. The van der Waals surface area contributed by atoms with Gasteiger partial charge in [-0.25, -0.2) is 4.79 Å². The smallest absolute Gasteiger partial charge is 0.339 e. The molecule has 0 spiro atoms. The lowest BCUT2D eigenvalue weighted by Gasteiger charge is -2.06. The minimum absolute atomic E-state index is 0.0816. The largest absolute Gasteiger partial charge is 0.462 e. The number of Topliss-reactive ketones (excluding diaryl/α,β-unsaturated/α-hetero) is 1. The zero-order valence-electron chi connectivity index (χ0n) is 9.90. The molecule has 0 saturated carbocycles. The first-order valence-electron chi connectivity index (χ1n) is 5.44. The van der Waals surface area contributed by atoms with E-state index in [1.54, 1.807) is 13.0 Å². The van der Waals surface area contributed by atoms with Gasteiger partial charge in [0.25, 0.3) is 0 Å². The second kappa shape index (κ2) is 6.92. The van der Waals surface area contributed by atoms with E-state index < -0.39 is 5.97 Å². The van der Waals surface area contributed by atoms with Crippen LogP contribution < -0.4 is 0 Å². The zero-order chi connectivity index (χ0) is 13.5. The zero-order valence-corrected chi connectivity index (χ0v) is 11.5. The van der Waals surface area contributed by atoms with E-state index in [0.717, 1.165) is 0 Å². The molecule has 94 valence electrons. The van der Waals surface area contributed by atoms with Crippen molar-refractivity contribution in [2.45, 2.75) is 13.3 Å². The summed E-state index contributed by atoms with van der Waals surface area (Å²) in [5.41, 5.74) is 0.764. The lowest BCUT2D eigenvalue weighted by atomic mass is 10.0.